The molecule has 1 atom stereocenters. The van der Waals surface area contributed by atoms with Crippen molar-refractivity contribution < 1.29 is 4.74 Å². The first-order valence-electron chi connectivity index (χ1n) is 6.85. The average Bonchev–Trinajstić information content (AvgIpc) is 2.85. The predicted octanol–water partition coefficient (Wildman–Crippen LogP) is 0.279. The van der Waals surface area contributed by atoms with Gasteiger partial charge in [0.25, 0.3) is 0 Å². The van der Waals surface area contributed by atoms with Crippen molar-refractivity contribution in [1.82, 2.24) is 15.0 Å². The maximum atomic E-state index is 5.83. The van der Waals surface area contributed by atoms with Gasteiger partial charge in [-0.25, -0.2) is 0 Å². The molecule has 2 N–H and O–H groups in total. The molecule has 0 amide bonds. The molecule has 7 nitrogen and oxygen atoms in total. The van der Waals surface area contributed by atoms with E-state index >= 15 is 0 Å². The standard InChI is InChI=1S/C12H20N6O/c1-9-3-2-4-18(9)12-15-10(13)14-11(16-12)17-5-7-19-8-6-17/h9H,2-8H2,1H3,(H2,13,14,15,16). The molecule has 0 bridgehead atoms. The lowest BCUT2D eigenvalue weighted by atomic mass is 10.2. The van der Waals surface area contributed by atoms with Crippen LogP contribution < -0.4 is 15.5 Å². The Morgan fingerprint density at radius 3 is 2.53 bits per heavy atom. The number of hydrogen-bond donors (Lipinski definition) is 1. The van der Waals surface area contributed by atoms with Gasteiger partial charge in [0.05, 0.1) is 13.2 Å². The lowest BCUT2D eigenvalue weighted by Gasteiger charge is -2.28. The molecule has 3 rings (SSSR count). The van der Waals surface area contributed by atoms with Gasteiger partial charge in [0.15, 0.2) is 0 Å². The Bertz CT molecular complexity index is 448. The van der Waals surface area contributed by atoms with Crippen molar-refractivity contribution in [3.63, 3.8) is 0 Å². The fraction of sp³-hybridized carbons (Fsp3) is 0.750. The number of aromatic nitrogens is 3. The molecule has 0 aromatic carbocycles. The van der Waals surface area contributed by atoms with Crippen molar-refractivity contribution in [2.45, 2.75) is 25.8 Å². The SMILES string of the molecule is CC1CCCN1c1nc(N)nc(N2CCOCC2)n1. The maximum absolute atomic E-state index is 5.83. The Kier molecular flexibility index (Phi) is 3.37. The molecule has 0 radical (unpaired) electrons. The monoisotopic (exact) mass is 264 g/mol. The fourth-order valence-electron chi connectivity index (χ4n) is 2.63. The van der Waals surface area contributed by atoms with Gasteiger partial charge in [-0.1, -0.05) is 0 Å². The molecule has 0 aliphatic carbocycles. The van der Waals surface area contributed by atoms with Crippen molar-refractivity contribution in [1.29, 1.82) is 0 Å². The molecule has 3 heterocycles. The summed E-state index contributed by atoms with van der Waals surface area (Å²) >= 11 is 0. The average molecular weight is 264 g/mol. The van der Waals surface area contributed by atoms with Crippen LogP contribution in [0.2, 0.25) is 0 Å². The van der Waals surface area contributed by atoms with Gasteiger partial charge in [0.1, 0.15) is 0 Å². The van der Waals surface area contributed by atoms with Crippen molar-refractivity contribution in [2.24, 2.45) is 0 Å². The van der Waals surface area contributed by atoms with Crippen LogP contribution in [-0.4, -0.2) is 53.8 Å². The van der Waals surface area contributed by atoms with Crippen LogP contribution in [0, 0.1) is 0 Å². The van der Waals surface area contributed by atoms with Crippen LogP contribution in [-0.2, 0) is 4.74 Å². The van der Waals surface area contributed by atoms with Crippen LogP contribution in [0.1, 0.15) is 19.8 Å². The molecule has 19 heavy (non-hydrogen) atoms. The summed E-state index contributed by atoms with van der Waals surface area (Å²) in [5.41, 5.74) is 5.83. The van der Waals surface area contributed by atoms with Crippen molar-refractivity contribution >= 4 is 17.8 Å². The molecular weight excluding hydrogens is 244 g/mol. The summed E-state index contributed by atoms with van der Waals surface area (Å²) in [6.07, 6.45) is 2.36. The van der Waals surface area contributed by atoms with Gasteiger partial charge in [-0.3, -0.25) is 0 Å². The highest BCUT2D eigenvalue weighted by Crippen LogP contribution is 2.24. The summed E-state index contributed by atoms with van der Waals surface area (Å²) in [5.74, 6) is 1.68. The zero-order chi connectivity index (χ0) is 13.2. The number of nitrogens with two attached hydrogens (primary N) is 1. The second-order valence-electron chi connectivity index (χ2n) is 5.08. The highest BCUT2D eigenvalue weighted by Gasteiger charge is 2.25. The van der Waals surface area contributed by atoms with E-state index in [-0.39, 0.29) is 0 Å². The Labute approximate surface area is 112 Å². The number of anilines is 3. The van der Waals surface area contributed by atoms with Crippen LogP contribution in [0.4, 0.5) is 17.8 Å². The van der Waals surface area contributed by atoms with Crippen LogP contribution in [0.5, 0.6) is 0 Å². The molecule has 2 fully saturated rings. The van der Waals surface area contributed by atoms with Crippen LogP contribution in [0.3, 0.4) is 0 Å². The summed E-state index contributed by atoms with van der Waals surface area (Å²) in [6, 6.07) is 0.472. The van der Waals surface area contributed by atoms with Gasteiger partial charge < -0.3 is 20.3 Å². The van der Waals surface area contributed by atoms with Crippen molar-refractivity contribution in [3.05, 3.63) is 0 Å². The number of nitrogen functional groups attached to an aromatic ring is 1. The van der Waals surface area contributed by atoms with E-state index in [1.54, 1.807) is 0 Å². The smallest absolute Gasteiger partial charge is 0.232 e. The van der Waals surface area contributed by atoms with E-state index in [1.165, 1.54) is 12.8 Å². The molecule has 2 aliphatic rings. The number of rotatable bonds is 2. The van der Waals surface area contributed by atoms with Crippen molar-refractivity contribution in [2.75, 3.05) is 48.4 Å². The Morgan fingerprint density at radius 1 is 1.11 bits per heavy atom. The Morgan fingerprint density at radius 2 is 1.84 bits per heavy atom. The third-order valence-electron chi connectivity index (χ3n) is 3.73. The first-order chi connectivity index (χ1) is 9.24. The molecule has 1 unspecified atom stereocenters. The van der Waals surface area contributed by atoms with E-state index in [9.17, 15) is 0 Å². The maximum Gasteiger partial charge on any atom is 0.232 e. The van der Waals surface area contributed by atoms with E-state index in [0.717, 1.165) is 19.6 Å². The molecular formula is C12H20N6O. The van der Waals surface area contributed by atoms with Crippen LogP contribution in [0.15, 0.2) is 0 Å². The normalized spacial score (nSPS) is 23.9. The van der Waals surface area contributed by atoms with Crippen molar-refractivity contribution in [3.8, 4) is 0 Å². The Hall–Kier alpha value is -1.63. The first-order valence-corrected chi connectivity index (χ1v) is 6.85. The Balaban J connectivity index is 1.86. The molecule has 0 spiro atoms. The predicted molar refractivity (Wildman–Crippen MR) is 73.3 cm³/mol. The highest BCUT2D eigenvalue weighted by atomic mass is 16.5. The van der Waals surface area contributed by atoms with Gasteiger partial charge in [-0.05, 0) is 19.8 Å². The third-order valence-corrected chi connectivity index (χ3v) is 3.73. The second kappa shape index (κ2) is 5.16. The number of hydrogen-bond acceptors (Lipinski definition) is 7. The van der Waals surface area contributed by atoms with Crippen LogP contribution >= 0.6 is 0 Å². The quantitative estimate of drug-likeness (QED) is 0.821. The number of nitrogens with zero attached hydrogens (tertiary/aromatic N) is 5. The molecule has 104 valence electrons. The summed E-state index contributed by atoms with van der Waals surface area (Å²) in [4.78, 5) is 17.4. The van der Waals surface area contributed by atoms with Crippen LogP contribution in [0.25, 0.3) is 0 Å². The van der Waals surface area contributed by atoms with Gasteiger partial charge in [0, 0.05) is 25.7 Å². The second-order valence-corrected chi connectivity index (χ2v) is 5.08. The van der Waals surface area contributed by atoms with Gasteiger partial charge in [0.2, 0.25) is 17.8 Å². The molecule has 2 aliphatic heterocycles. The van der Waals surface area contributed by atoms with E-state index in [2.05, 4.69) is 31.7 Å². The zero-order valence-electron chi connectivity index (χ0n) is 11.2. The minimum absolute atomic E-state index is 0.297. The minimum atomic E-state index is 0.297. The lowest BCUT2D eigenvalue weighted by molar-refractivity contribution is 0.122. The zero-order valence-corrected chi connectivity index (χ0v) is 11.2. The highest BCUT2D eigenvalue weighted by molar-refractivity contribution is 5.44. The summed E-state index contributed by atoms with van der Waals surface area (Å²) in [7, 11) is 0. The van der Waals surface area contributed by atoms with Gasteiger partial charge in [-0.2, -0.15) is 15.0 Å². The molecule has 0 saturated carbocycles. The lowest BCUT2D eigenvalue weighted by Crippen LogP contribution is -2.38. The minimum Gasteiger partial charge on any atom is -0.378 e. The number of morpholine rings is 1. The van der Waals surface area contributed by atoms with E-state index in [1.807, 2.05) is 0 Å². The molecule has 1 aromatic heterocycles. The first kappa shape index (κ1) is 12.4. The molecule has 1 aromatic rings. The largest absolute Gasteiger partial charge is 0.378 e. The third kappa shape index (κ3) is 2.56. The van der Waals surface area contributed by atoms with Gasteiger partial charge in [-0.15, -0.1) is 0 Å². The summed E-state index contributed by atoms with van der Waals surface area (Å²) < 4.78 is 5.34. The topological polar surface area (TPSA) is 80.4 Å². The molecule has 7 heteroatoms. The fourth-order valence-corrected chi connectivity index (χ4v) is 2.63. The van der Waals surface area contributed by atoms with Gasteiger partial charge >= 0.3 is 0 Å². The number of ether oxygens (including phenoxy) is 1. The van der Waals surface area contributed by atoms with E-state index in [0.29, 0.717) is 37.1 Å². The summed E-state index contributed by atoms with van der Waals surface area (Å²) in [6.45, 7) is 6.22. The summed E-state index contributed by atoms with van der Waals surface area (Å²) in [5, 5.41) is 0. The van der Waals surface area contributed by atoms with E-state index < -0.39 is 0 Å². The van der Waals surface area contributed by atoms with E-state index in [4.69, 9.17) is 10.5 Å². The molecule has 2 saturated heterocycles.